The first-order valence-corrected chi connectivity index (χ1v) is 10.5. The van der Waals surface area contributed by atoms with Crippen LogP contribution in [0.3, 0.4) is 0 Å². The number of imidazole rings is 1. The number of aryl methyl sites for hydroxylation is 2. The van der Waals surface area contributed by atoms with Crippen molar-refractivity contribution in [1.82, 2.24) is 9.55 Å². The van der Waals surface area contributed by atoms with Gasteiger partial charge in [-0.15, -0.1) is 0 Å². The first kappa shape index (κ1) is 18.1. The Labute approximate surface area is 171 Å². The van der Waals surface area contributed by atoms with Gasteiger partial charge in [-0.1, -0.05) is 45.9 Å². The van der Waals surface area contributed by atoms with E-state index in [4.69, 9.17) is 4.98 Å². The molecule has 3 aromatic heterocycles. The molecule has 0 atom stereocenters. The summed E-state index contributed by atoms with van der Waals surface area (Å²) in [6, 6.07) is 15.7. The second-order valence-corrected chi connectivity index (χ2v) is 8.87. The van der Waals surface area contributed by atoms with Crippen molar-refractivity contribution >= 4 is 38.5 Å². The average molecular weight is 383 g/mol. The minimum absolute atomic E-state index is 0.435. The Morgan fingerprint density at radius 1 is 0.897 bits per heavy atom. The lowest BCUT2D eigenvalue weighted by molar-refractivity contribution is -0.449. The molecule has 3 nitrogen and oxygen atoms in total. The summed E-state index contributed by atoms with van der Waals surface area (Å²) in [6.07, 6.45) is 1.95. The smallest absolute Gasteiger partial charge is 0.255 e. The summed E-state index contributed by atoms with van der Waals surface area (Å²) < 4.78 is 4.79. The third-order valence-electron chi connectivity index (χ3n) is 6.36. The van der Waals surface area contributed by atoms with Gasteiger partial charge in [0.15, 0.2) is 11.0 Å². The second kappa shape index (κ2) is 6.28. The Kier molecular flexibility index (Phi) is 3.92. The van der Waals surface area contributed by atoms with Gasteiger partial charge < -0.3 is 0 Å². The molecule has 0 spiro atoms. The van der Waals surface area contributed by atoms with E-state index in [2.05, 4.69) is 93.1 Å². The van der Waals surface area contributed by atoms with Crippen LogP contribution in [0.15, 0.2) is 48.7 Å². The number of hydrogen-bond acceptors (Lipinski definition) is 1. The van der Waals surface area contributed by atoms with Gasteiger partial charge in [-0.3, -0.25) is 4.98 Å². The van der Waals surface area contributed by atoms with Gasteiger partial charge in [0, 0.05) is 6.20 Å². The summed E-state index contributed by atoms with van der Waals surface area (Å²) in [5.41, 5.74) is 10.1. The van der Waals surface area contributed by atoms with E-state index >= 15 is 0 Å². The molecule has 146 valence electrons. The largest absolute Gasteiger partial charge is 0.297 e. The Morgan fingerprint density at radius 2 is 1.69 bits per heavy atom. The van der Waals surface area contributed by atoms with Crippen molar-refractivity contribution in [2.75, 3.05) is 0 Å². The normalized spacial score (nSPS) is 12.4. The van der Waals surface area contributed by atoms with Crippen LogP contribution < -0.4 is 4.40 Å². The summed E-state index contributed by atoms with van der Waals surface area (Å²) in [4.78, 5) is 4.89. The van der Waals surface area contributed by atoms with Gasteiger partial charge in [0.2, 0.25) is 0 Å². The average Bonchev–Trinajstić information content (AvgIpc) is 3.00. The molecule has 0 N–H and O–H groups in total. The molecule has 0 bridgehead atoms. The van der Waals surface area contributed by atoms with Crippen LogP contribution in [0.2, 0.25) is 0 Å². The van der Waals surface area contributed by atoms with Crippen LogP contribution in [-0.4, -0.2) is 9.55 Å². The molecule has 5 rings (SSSR count). The van der Waals surface area contributed by atoms with Gasteiger partial charge in [0.1, 0.15) is 5.52 Å². The van der Waals surface area contributed by atoms with E-state index < -0.39 is 0 Å². The predicted molar refractivity (Wildman–Crippen MR) is 122 cm³/mol. The number of hydrogen-bond donors (Lipinski definition) is 0. The van der Waals surface area contributed by atoms with Gasteiger partial charge in [-0.25, -0.2) is 4.57 Å². The highest BCUT2D eigenvalue weighted by molar-refractivity contribution is 6.10. The van der Waals surface area contributed by atoms with Crippen molar-refractivity contribution in [2.24, 2.45) is 7.05 Å². The van der Waals surface area contributed by atoms with Crippen LogP contribution in [0, 0.1) is 6.92 Å². The molecule has 0 saturated heterocycles. The number of aromatic nitrogens is 3. The highest BCUT2D eigenvalue weighted by atomic mass is 15.1. The van der Waals surface area contributed by atoms with Crippen molar-refractivity contribution in [3.8, 4) is 0 Å². The van der Waals surface area contributed by atoms with Gasteiger partial charge in [-0.05, 0) is 59.7 Å². The summed E-state index contributed by atoms with van der Waals surface area (Å²) >= 11 is 0. The van der Waals surface area contributed by atoms with Gasteiger partial charge in [0.05, 0.1) is 23.3 Å². The van der Waals surface area contributed by atoms with Crippen LogP contribution in [0.5, 0.6) is 0 Å². The zero-order valence-electron chi connectivity index (χ0n) is 18.1. The minimum atomic E-state index is 0.435. The standard InChI is InChI=1S/C26H28N3/c1-15(2)18-10-11-20-22(14-18)28(6)26-23-17(5)12-13-27-25(23)24-19(16(3)4)8-7-9-21(24)29(20)26/h7-16H,1-6H3/q+1. The first-order chi connectivity index (χ1) is 13.9. The molecular formula is C26H28N3+. The zero-order chi connectivity index (χ0) is 20.4. The summed E-state index contributed by atoms with van der Waals surface area (Å²) in [7, 11) is 2.19. The quantitative estimate of drug-likeness (QED) is 0.264. The second-order valence-electron chi connectivity index (χ2n) is 8.87. The monoisotopic (exact) mass is 382 g/mol. The topological polar surface area (TPSA) is 21.9 Å². The Balaban J connectivity index is 2.15. The van der Waals surface area contributed by atoms with Crippen LogP contribution in [0.25, 0.3) is 38.5 Å². The lowest BCUT2D eigenvalue weighted by atomic mass is 9.95. The van der Waals surface area contributed by atoms with E-state index in [9.17, 15) is 0 Å². The molecule has 0 aliphatic rings. The Bertz CT molecular complexity index is 1420. The molecule has 0 saturated carbocycles. The molecule has 0 aliphatic carbocycles. The highest BCUT2D eigenvalue weighted by Gasteiger charge is 2.26. The lowest BCUT2D eigenvalue weighted by Crippen LogP contribution is -2.23. The van der Waals surface area contributed by atoms with Crippen molar-refractivity contribution in [3.05, 3.63) is 65.4 Å². The fraction of sp³-hybridized carbons (Fsp3) is 0.308. The fourth-order valence-corrected chi connectivity index (χ4v) is 4.77. The number of nitrogens with zero attached hydrogens (tertiary/aromatic N) is 3. The van der Waals surface area contributed by atoms with E-state index in [1.807, 2.05) is 6.20 Å². The van der Waals surface area contributed by atoms with Gasteiger partial charge >= 0.3 is 0 Å². The first-order valence-electron chi connectivity index (χ1n) is 10.5. The van der Waals surface area contributed by atoms with E-state index in [-0.39, 0.29) is 0 Å². The zero-order valence-corrected chi connectivity index (χ0v) is 18.1. The molecule has 0 amide bonds. The Morgan fingerprint density at radius 3 is 2.41 bits per heavy atom. The minimum Gasteiger partial charge on any atom is -0.255 e. The van der Waals surface area contributed by atoms with Crippen molar-refractivity contribution in [1.29, 1.82) is 0 Å². The third kappa shape index (κ3) is 2.43. The number of pyridine rings is 2. The van der Waals surface area contributed by atoms with Gasteiger partial charge in [0.25, 0.3) is 5.65 Å². The van der Waals surface area contributed by atoms with E-state index in [1.165, 1.54) is 49.7 Å². The van der Waals surface area contributed by atoms with Crippen LogP contribution in [0.4, 0.5) is 0 Å². The number of rotatable bonds is 2. The molecule has 3 heterocycles. The highest BCUT2D eigenvalue weighted by Crippen LogP contribution is 2.34. The van der Waals surface area contributed by atoms with Crippen molar-refractivity contribution < 1.29 is 4.40 Å². The maximum Gasteiger partial charge on any atom is 0.297 e. The van der Waals surface area contributed by atoms with Crippen LogP contribution >= 0.6 is 0 Å². The SMILES string of the molecule is Cc1ccnc2c3c(C(C)C)cccc3[n+]3c4ccc(C(C)C)cc4n(C)c3c12. The molecule has 0 radical (unpaired) electrons. The number of benzene rings is 2. The summed E-state index contributed by atoms with van der Waals surface area (Å²) in [5.74, 6) is 0.941. The van der Waals surface area contributed by atoms with Crippen molar-refractivity contribution in [3.63, 3.8) is 0 Å². The summed E-state index contributed by atoms with van der Waals surface area (Å²) in [6.45, 7) is 11.2. The van der Waals surface area contributed by atoms with Crippen LogP contribution in [-0.2, 0) is 7.05 Å². The molecule has 3 heteroatoms. The Hall–Kier alpha value is -2.94. The molecular weight excluding hydrogens is 354 g/mol. The molecule has 0 fully saturated rings. The predicted octanol–water partition coefficient (Wildman–Crippen LogP) is 6.17. The van der Waals surface area contributed by atoms with Gasteiger partial charge in [-0.2, -0.15) is 4.40 Å². The van der Waals surface area contributed by atoms with Crippen LogP contribution in [0.1, 0.15) is 56.2 Å². The van der Waals surface area contributed by atoms with E-state index in [1.54, 1.807) is 0 Å². The molecule has 0 aliphatic heterocycles. The molecule has 5 aromatic rings. The van der Waals surface area contributed by atoms with E-state index in [0.29, 0.717) is 11.8 Å². The van der Waals surface area contributed by atoms with Crippen molar-refractivity contribution in [2.45, 2.75) is 46.5 Å². The lowest BCUT2D eigenvalue weighted by Gasteiger charge is -2.12. The molecule has 29 heavy (non-hydrogen) atoms. The maximum absolute atomic E-state index is 4.89. The van der Waals surface area contributed by atoms with E-state index in [0.717, 1.165) is 5.52 Å². The third-order valence-corrected chi connectivity index (χ3v) is 6.36. The maximum atomic E-state index is 4.89. The molecule has 2 aromatic carbocycles. The molecule has 0 unspecified atom stereocenters. The summed E-state index contributed by atoms with van der Waals surface area (Å²) in [5, 5.41) is 2.53. The number of fused-ring (bicyclic) bond motifs is 8. The fourth-order valence-electron chi connectivity index (χ4n) is 4.77.